The molecule has 3 rings (SSSR count). The minimum atomic E-state index is -3.71. The first-order chi connectivity index (χ1) is 10.9. The third-order valence-electron chi connectivity index (χ3n) is 2.83. The highest BCUT2D eigenvalue weighted by atomic mass is 79.9. The van der Waals surface area contributed by atoms with Crippen LogP contribution in [0.1, 0.15) is 5.56 Å². The number of anilines is 1. The van der Waals surface area contributed by atoms with E-state index >= 15 is 0 Å². The fourth-order valence-corrected chi connectivity index (χ4v) is 4.76. The predicted molar refractivity (Wildman–Crippen MR) is 88.4 cm³/mol. The number of benzene rings is 1. The third kappa shape index (κ3) is 3.95. The summed E-state index contributed by atoms with van der Waals surface area (Å²) in [6.45, 7) is 0.361. The average Bonchev–Trinajstić information content (AvgIpc) is 3.11. The van der Waals surface area contributed by atoms with Crippen molar-refractivity contribution in [3.63, 3.8) is 0 Å². The second-order valence-electron chi connectivity index (χ2n) is 4.56. The molecule has 23 heavy (non-hydrogen) atoms. The first-order valence-corrected chi connectivity index (χ1v) is 9.44. The van der Waals surface area contributed by atoms with E-state index in [1.165, 1.54) is 29.2 Å². The van der Waals surface area contributed by atoms with Gasteiger partial charge in [0.2, 0.25) is 0 Å². The lowest BCUT2D eigenvalue weighted by Gasteiger charge is -2.02. The van der Waals surface area contributed by atoms with Crippen molar-refractivity contribution in [3.8, 4) is 0 Å². The predicted octanol–water partition coefficient (Wildman–Crippen LogP) is 3.09. The molecule has 2 heterocycles. The van der Waals surface area contributed by atoms with Gasteiger partial charge in [0, 0.05) is 0 Å². The van der Waals surface area contributed by atoms with Crippen LogP contribution in [0, 0.1) is 5.82 Å². The maximum atomic E-state index is 12.9. The number of nitrogens with zero attached hydrogens (tertiary/aromatic N) is 3. The molecule has 0 radical (unpaired) electrons. The number of aromatic nitrogens is 3. The first-order valence-electron chi connectivity index (χ1n) is 6.34. The Morgan fingerprint density at radius 3 is 2.61 bits per heavy atom. The Morgan fingerprint density at radius 1 is 1.22 bits per heavy atom. The van der Waals surface area contributed by atoms with Gasteiger partial charge in [-0.05, 0) is 45.8 Å². The van der Waals surface area contributed by atoms with Crippen molar-refractivity contribution in [2.75, 3.05) is 4.72 Å². The van der Waals surface area contributed by atoms with Gasteiger partial charge in [0.15, 0.2) is 0 Å². The summed E-state index contributed by atoms with van der Waals surface area (Å²) in [6, 6.07) is 9.11. The lowest BCUT2D eigenvalue weighted by molar-refractivity contribution is 0.602. The van der Waals surface area contributed by atoms with Crippen LogP contribution in [0.4, 0.5) is 10.3 Å². The van der Waals surface area contributed by atoms with Gasteiger partial charge in [-0.25, -0.2) is 22.2 Å². The van der Waals surface area contributed by atoms with Crippen molar-refractivity contribution in [1.29, 1.82) is 0 Å². The SMILES string of the molecule is O=S(=O)(Nc1ncn(Cc2ccc(F)cc2)n1)c1ccc(Br)s1. The molecule has 0 bridgehead atoms. The lowest BCUT2D eigenvalue weighted by Crippen LogP contribution is -2.13. The lowest BCUT2D eigenvalue weighted by atomic mass is 10.2. The molecule has 1 aromatic carbocycles. The molecule has 0 spiro atoms. The second-order valence-corrected chi connectivity index (χ2v) is 8.93. The Balaban J connectivity index is 1.73. The largest absolute Gasteiger partial charge is 0.273 e. The number of hydrogen-bond donors (Lipinski definition) is 1. The molecule has 0 saturated heterocycles. The van der Waals surface area contributed by atoms with E-state index in [9.17, 15) is 12.8 Å². The average molecular weight is 417 g/mol. The molecule has 6 nitrogen and oxygen atoms in total. The highest BCUT2D eigenvalue weighted by molar-refractivity contribution is 9.11. The van der Waals surface area contributed by atoms with E-state index in [1.807, 2.05) is 0 Å². The molecule has 0 aliphatic rings. The maximum absolute atomic E-state index is 12.9. The fourth-order valence-electron chi connectivity index (χ4n) is 1.81. The minimum Gasteiger partial charge on any atom is -0.246 e. The van der Waals surface area contributed by atoms with Gasteiger partial charge in [-0.15, -0.1) is 16.4 Å². The van der Waals surface area contributed by atoms with Crippen LogP contribution >= 0.6 is 27.3 Å². The number of halogens is 2. The Morgan fingerprint density at radius 2 is 1.96 bits per heavy atom. The van der Waals surface area contributed by atoms with E-state index in [2.05, 4.69) is 30.7 Å². The van der Waals surface area contributed by atoms with Gasteiger partial charge in [0.25, 0.3) is 16.0 Å². The van der Waals surface area contributed by atoms with Crippen molar-refractivity contribution >= 4 is 43.2 Å². The summed E-state index contributed by atoms with van der Waals surface area (Å²) in [7, 11) is -3.71. The number of thiophene rings is 1. The molecular formula is C13H10BrFN4O2S2. The molecule has 0 unspecified atom stereocenters. The third-order valence-corrected chi connectivity index (χ3v) is 6.28. The van der Waals surface area contributed by atoms with Gasteiger partial charge in [-0.1, -0.05) is 12.1 Å². The van der Waals surface area contributed by atoms with Gasteiger partial charge >= 0.3 is 0 Å². The Bertz CT molecular complexity index is 922. The van der Waals surface area contributed by atoms with Crippen molar-refractivity contribution in [2.45, 2.75) is 10.8 Å². The zero-order valence-electron chi connectivity index (χ0n) is 11.5. The van der Waals surface area contributed by atoms with Gasteiger partial charge in [0.1, 0.15) is 16.4 Å². The topological polar surface area (TPSA) is 76.9 Å². The molecule has 3 aromatic rings. The van der Waals surface area contributed by atoms with Crippen molar-refractivity contribution < 1.29 is 12.8 Å². The number of nitrogens with one attached hydrogen (secondary N) is 1. The summed E-state index contributed by atoms with van der Waals surface area (Å²) in [5.74, 6) is -0.334. The normalized spacial score (nSPS) is 11.6. The van der Waals surface area contributed by atoms with Gasteiger partial charge in [-0.3, -0.25) is 0 Å². The van der Waals surface area contributed by atoms with E-state index in [-0.39, 0.29) is 16.0 Å². The van der Waals surface area contributed by atoms with E-state index in [4.69, 9.17) is 0 Å². The van der Waals surface area contributed by atoms with E-state index in [1.54, 1.807) is 18.2 Å². The molecule has 0 aliphatic carbocycles. The molecule has 0 aliphatic heterocycles. The quantitative estimate of drug-likeness (QED) is 0.692. The monoisotopic (exact) mass is 416 g/mol. The molecule has 0 saturated carbocycles. The van der Waals surface area contributed by atoms with Gasteiger partial charge in [0.05, 0.1) is 10.3 Å². The maximum Gasteiger partial charge on any atom is 0.273 e. The van der Waals surface area contributed by atoms with E-state index < -0.39 is 10.0 Å². The van der Waals surface area contributed by atoms with Crippen LogP contribution in [0.3, 0.4) is 0 Å². The van der Waals surface area contributed by atoms with Crippen LogP contribution in [0.5, 0.6) is 0 Å². The number of sulfonamides is 1. The van der Waals surface area contributed by atoms with Gasteiger partial charge < -0.3 is 0 Å². The zero-order chi connectivity index (χ0) is 16.4. The Kier molecular flexibility index (Phi) is 4.46. The van der Waals surface area contributed by atoms with Crippen LogP contribution in [-0.2, 0) is 16.6 Å². The number of rotatable bonds is 5. The Labute approximate surface area is 144 Å². The smallest absolute Gasteiger partial charge is 0.246 e. The molecule has 0 amide bonds. The summed E-state index contributed by atoms with van der Waals surface area (Å²) in [6.07, 6.45) is 1.41. The van der Waals surface area contributed by atoms with Gasteiger partial charge in [-0.2, -0.15) is 4.98 Å². The first kappa shape index (κ1) is 16.1. The van der Waals surface area contributed by atoms with Crippen LogP contribution in [0.2, 0.25) is 0 Å². The molecule has 120 valence electrons. The molecule has 0 atom stereocenters. The van der Waals surface area contributed by atoms with E-state index in [0.717, 1.165) is 16.9 Å². The summed E-state index contributed by atoms with van der Waals surface area (Å²) >= 11 is 4.31. The van der Waals surface area contributed by atoms with Crippen molar-refractivity contribution in [1.82, 2.24) is 14.8 Å². The van der Waals surface area contributed by atoms with E-state index in [0.29, 0.717) is 10.3 Å². The van der Waals surface area contributed by atoms with Crippen molar-refractivity contribution in [3.05, 3.63) is 57.9 Å². The standard InChI is InChI=1S/C13H10BrFN4O2S2/c14-11-5-6-12(22-11)23(20,21)18-13-16-8-19(17-13)7-9-1-3-10(15)4-2-9/h1-6,8H,7H2,(H,17,18). The van der Waals surface area contributed by atoms with Crippen LogP contribution in [0.15, 0.2) is 50.7 Å². The summed E-state index contributed by atoms with van der Waals surface area (Å²) in [4.78, 5) is 3.93. The molecule has 1 N–H and O–H groups in total. The highest BCUT2D eigenvalue weighted by Crippen LogP contribution is 2.26. The minimum absolute atomic E-state index is 0.0170. The number of hydrogen-bond acceptors (Lipinski definition) is 5. The summed E-state index contributed by atoms with van der Waals surface area (Å²) < 4.78 is 41.9. The molecule has 10 heteroatoms. The fraction of sp³-hybridized carbons (Fsp3) is 0.0769. The molecule has 2 aromatic heterocycles. The van der Waals surface area contributed by atoms with Crippen LogP contribution in [-0.4, -0.2) is 23.2 Å². The van der Waals surface area contributed by atoms with Crippen LogP contribution < -0.4 is 4.72 Å². The zero-order valence-corrected chi connectivity index (χ0v) is 14.7. The summed E-state index contributed by atoms with van der Waals surface area (Å²) in [5, 5.41) is 4.06. The summed E-state index contributed by atoms with van der Waals surface area (Å²) in [5.41, 5.74) is 0.827. The van der Waals surface area contributed by atoms with Crippen molar-refractivity contribution in [2.24, 2.45) is 0 Å². The second kappa shape index (κ2) is 6.38. The van der Waals surface area contributed by atoms with Crippen LogP contribution in [0.25, 0.3) is 0 Å². The Hall–Kier alpha value is -1.78. The highest BCUT2D eigenvalue weighted by Gasteiger charge is 2.18. The molecular weight excluding hydrogens is 407 g/mol. The molecule has 0 fully saturated rings.